The van der Waals surface area contributed by atoms with E-state index in [-0.39, 0.29) is 0 Å². The van der Waals surface area contributed by atoms with Gasteiger partial charge >= 0.3 is 0 Å². The number of nitrogens with zero attached hydrogens (tertiary/aromatic N) is 2. The molecule has 6 heteroatoms. The van der Waals surface area contributed by atoms with Gasteiger partial charge in [0, 0.05) is 17.0 Å². The number of aromatic nitrogens is 2. The average molecular weight is 355 g/mol. The first-order valence-corrected chi connectivity index (χ1v) is 10.0. The number of H-pyrrole nitrogens is 1. The Morgan fingerprint density at radius 2 is 1.76 bits per heavy atom. The molecule has 0 unspecified atom stereocenters. The van der Waals surface area contributed by atoms with Crippen molar-refractivity contribution in [3.8, 4) is 0 Å². The van der Waals surface area contributed by atoms with Crippen molar-refractivity contribution in [3.05, 3.63) is 54.2 Å². The second-order valence-electron chi connectivity index (χ2n) is 6.71. The highest BCUT2D eigenvalue weighted by Crippen LogP contribution is 2.33. The fraction of sp³-hybridized carbons (Fsp3) is 0.316. The first kappa shape index (κ1) is 16.3. The lowest BCUT2D eigenvalue weighted by atomic mass is 9.92. The molecule has 0 aliphatic carbocycles. The highest BCUT2D eigenvalue weighted by atomic mass is 32.2. The lowest BCUT2D eigenvalue weighted by Gasteiger charge is -2.28. The van der Waals surface area contributed by atoms with E-state index in [4.69, 9.17) is 0 Å². The molecular weight excluding hydrogens is 334 g/mol. The van der Waals surface area contributed by atoms with Gasteiger partial charge in [-0.15, -0.1) is 0 Å². The summed E-state index contributed by atoms with van der Waals surface area (Å²) in [4.78, 5) is 2.96. The van der Waals surface area contributed by atoms with Crippen LogP contribution in [0.15, 0.2) is 58.3 Å². The van der Waals surface area contributed by atoms with Crippen molar-refractivity contribution in [1.29, 1.82) is 0 Å². The highest BCUT2D eigenvalue weighted by Gasteiger charge is 2.24. The number of benzene rings is 2. The third-order valence-electron chi connectivity index (χ3n) is 5.05. The number of nitrogens with one attached hydrogen (secondary N) is 1. The van der Waals surface area contributed by atoms with E-state index in [1.54, 1.807) is 42.5 Å². The van der Waals surface area contributed by atoms with Crippen LogP contribution in [-0.4, -0.2) is 43.7 Å². The lowest BCUT2D eigenvalue weighted by Crippen LogP contribution is -2.29. The molecule has 0 spiro atoms. The summed E-state index contributed by atoms with van der Waals surface area (Å²) in [6, 6.07) is 13.8. The minimum absolute atomic E-state index is 0.318. The van der Waals surface area contributed by atoms with Crippen molar-refractivity contribution < 1.29 is 8.42 Å². The van der Waals surface area contributed by atoms with Crippen LogP contribution in [0.5, 0.6) is 0 Å². The minimum Gasteiger partial charge on any atom is -0.306 e. The molecule has 1 aliphatic rings. The Hall–Kier alpha value is -2.18. The number of likely N-dealkylation sites (tertiary alicyclic amines) is 1. The van der Waals surface area contributed by atoms with Crippen molar-refractivity contribution in [2.45, 2.75) is 28.6 Å². The number of rotatable bonds is 3. The van der Waals surface area contributed by atoms with E-state index < -0.39 is 9.84 Å². The van der Waals surface area contributed by atoms with Crippen LogP contribution in [0.1, 0.15) is 24.5 Å². The van der Waals surface area contributed by atoms with Gasteiger partial charge in [-0.05, 0) is 63.3 Å². The maximum absolute atomic E-state index is 12.9. The number of hydrogen-bond donors (Lipinski definition) is 1. The van der Waals surface area contributed by atoms with E-state index in [0.717, 1.165) is 42.5 Å². The first-order valence-electron chi connectivity index (χ1n) is 8.52. The van der Waals surface area contributed by atoms with Crippen LogP contribution in [0.3, 0.4) is 0 Å². The Bertz CT molecular complexity index is 988. The van der Waals surface area contributed by atoms with Gasteiger partial charge in [0.15, 0.2) is 0 Å². The average Bonchev–Trinajstić information content (AvgIpc) is 3.06. The predicted molar refractivity (Wildman–Crippen MR) is 97.5 cm³/mol. The summed E-state index contributed by atoms with van der Waals surface area (Å²) in [5.41, 5.74) is 1.88. The Balaban J connectivity index is 1.76. The topological polar surface area (TPSA) is 66.1 Å². The van der Waals surface area contributed by atoms with Crippen LogP contribution in [-0.2, 0) is 9.84 Å². The molecule has 1 N–H and O–H groups in total. The van der Waals surface area contributed by atoms with E-state index in [9.17, 15) is 8.42 Å². The van der Waals surface area contributed by atoms with E-state index in [1.807, 2.05) is 6.07 Å². The predicted octanol–water partition coefficient (Wildman–Crippen LogP) is 3.20. The molecule has 0 saturated carbocycles. The van der Waals surface area contributed by atoms with E-state index in [0.29, 0.717) is 15.7 Å². The third kappa shape index (κ3) is 2.96. The zero-order valence-electron chi connectivity index (χ0n) is 14.1. The Labute approximate surface area is 147 Å². The molecule has 1 aromatic heterocycles. The maximum atomic E-state index is 12.9. The minimum atomic E-state index is -3.51. The van der Waals surface area contributed by atoms with E-state index in [1.165, 1.54) is 0 Å². The molecule has 3 aromatic rings. The second-order valence-corrected chi connectivity index (χ2v) is 8.66. The van der Waals surface area contributed by atoms with Gasteiger partial charge < -0.3 is 4.90 Å². The van der Waals surface area contributed by atoms with Gasteiger partial charge in [-0.3, -0.25) is 5.10 Å². The largest absolute Gasteiger partial charge is 0.306 e. The Morgan fingerprint density at radius 1 is 1.04 bits per heavy atom. The number of hydrogen-bond acceptors (Lipinski definition) is 4. The van der Waals surface area contributed by atoms with Crippen molar-refractivity contribution in [2.75, 3.05) is 20.1 Å². The molecule has 2 heterocycles. The molecule has 130 valence electrons. The maximum Gasteiger partial charge on any atom is 0.206 e. The number of sulfone groups is 1. The molecule has 0 amide bonds. The number of aromatic amines is 1. The van der Waals surface area contributed by atoms with Crippen LogP contribution >= 0.6 is 0 Å². The van der Waals surface area contributed by atoms with Gasteiger partial charge in [0.1, 0.15) is 0 Å². The van der Waals surface area contributed by atoms with Crippen molar-refractivity contribution in [2.24, 2.45) is 0 Å². The van der Waals surface area contributed by atoms with Gasteiger partial charge in [0.2, 0.25) is 9.84 Å². The monoisotopic (exact) mass is 355 g/mol. The summed E-state index contributed by atoms with van der Waals surface area (Å²) in [5, 5.41) is 8.45. The van der Waals surface area contributed by atoms with Gasteiger partial charge in [-0.25, -0.2) is 8.42 Å². The van der Waals surface area contributed by atoms with Crippen LogP contribution in [0.4, 0.5) is 0 Å². The fourth-order valence-electron chi connectivity index (χ4n) is 3.52. The SMILES string of the molecule is CN1CCC(c2[nH]nc3ccc(S(=O)(=O)c4ccccc4)cc23)CC1. The number of fused-ring (bicyclic) bond motifs is 1. The lowest BCUT2D eigenvalue weighted by molar-refractivity contribution is 0.254. The standard InChI is InChI=1S/C19H21N3O2S/c1-22-11-9-14(10-12-22)19-17-13-16(7-8-18(17)20-21-19)25(23,24)15-5-3-2-4-6-15/h2-8,13-14H,9-12H2,1H3,(H,20,21). The van der Waals surface area contributed by atoms with Crippen LogP contribution in [0.2, 0.25) is 0 Å². The number of piperidine rings is 1. The fourth-order valence-corrected chi connectivity index (χ4v) is 4.83. The van der Waals surface area contributed by atoms with E-state index >= 15 is 0 Å². The quantitative estimate of drug-likeness (QED) is 0.783. The Kier molecular flexibility index (Phi) is 4.09. The summed E-state index contributed by atoms with van der Waals surface area (Å²) in [6.07, 6.45) is 2.12. The Morgan fingerprint density at radius 3 is 2.48 bits per heavy atom. The van der Waals surface area contributed by atoms with E-state index in [2.05, 4.69) is 22.1 Å². The van der Waals surface area contributed by atoms with Gasteiger partial charge in [0.05, 0.1) is 15.3 Å². The summed E-state index contributed by atoms with van der Waals surface area (Å²) >= 11 is 0. The zero-order valence-corrected chi connectivity index (χ0v) is 15.0. The molecule has 1 fully saturated rings. The van der Waals surface area contributed by atoms with Crippen molar-refractivity contribution >= 4 is 20.7 Å². The second kappa shape index (κ2) is 6.28. The van der Waals surface area contributed by atoms with Crippen LogP contribution < -0.4 is 0 Å². The molecule has 5 nitrogen and oxygen atoms in total. The summed E-state index contributed by atoms with van der Waals surface area (Å²) in [5.74, 6) is 0.399. The molecule has 4 rings (SSSR count). The molecule has 2 aromatic carbocycles. The first-order chi connectivity index (χ1) is 12.1. The van der Waals surface area contributed by atoms with Crippen LogP contribution in [0, 0.1) is 0 Å². The van der Waals surface area contributed by atoms with Crippen molar-refractivity contribution in [1.82, 2.24) is 15.1 Å². The third-order valence-corrected chi connectivity index (χ3v) is 6.81. The molecule has 0 radical (unpaired) electrons. The molecule has 1 saturated heterocycles. The molecular formula is C19H21N3O2S. The molecule has 0 bridgehead atoms. The molecule has 1 aliphatic heterocycles. The highest BCUT2D eigenvalue weighted by molar-refractivity contribution is 7.91. The molecule has 0 atom stereocenters. The normalized spacial score (nSPS) is 17.2. The summed E-state index contributed by atoms with van der Waals surface area (Å²) in [6.45, 7) is 2.10. The molecule has 25 heavy (non-hydrogen) atoms. The summed E-state index contributed by atoms with van der Waals surface area (Å²) < 4.78 is 25.8. The van der Waals surface area contributed by atoms with Crippen LogP contribution in [0.25, 0.3) is 10.9 Å². The van der Waals surface area contributed by atoms with Gasteiger partial charge in [0.25, 0.3) is 0 Å². The van der Waals surface area contributed by atoms with Gasteiger partial charge in [-0.2, -0.15) is 5.10 Å². The smallest absolute Gasteiger partial charge is 0.206 e. The van der Waals surface area contributed by atoms with Gasteiger partial charge in [-0.1, -0.05) is 18.2 Å². The van der Waals surface area contributed by atoms with Crippen molar-refractivity contribution in [3.63, 3.8) is 0 Å². The zero-order chi connectivity index (χ0) is 17.4. The summed E-state index contributed by atoms with van der Waals surface area (Å²) in [7, 11) is -1.38.